The number of carboxylic acids is 1. The molecular formula is C17H22O3. The first-order valence-corrected chi connectivity index (χ1v) is 6.93. The highest BCUT2D eigenvalue weighted by atomic mass is 16.5. The van der Waals surface area contributed by atoms with Crippen LogP contribution in [0.25, 0.3) is 5.57 Å². The number of rotatable bonds is 7. The van der Waals surface area contributed by atoms with Crippen molar-refractivity contribution in [2.24, 2.45) is 0 Å². The molecule has 0 aromatic heterocycles. The number of hydrogen-bond donors (Lipinski definition) is 1. The van der Waals surface area contributed by atoms with Crippen LogP contribution < -0.4 is 4.74 Å². The molecule has 0 atom stereocenters. The molecule has 0 aliphatic carbocycles. The van der Waals surface area contributed by atoms with Crippen molar-refractivity contribution in [3.8, 4) is 5.75 Å². The van der Waals surface area contributed by atoms with Crippen LogP contribution in [0.4, 0.5) is 0 Å². The third-order valence-corrected chi connectivity index (χ3v) is 2.96. The van der Waals surface area contributed by atoms with Gasteiger partial charge in [0.15, 0.2) is 0 Å². The molecule has 3 nitrogen and oxygen atoms in total. The average molecular weight is 274 g/mol. The number of carbonyl (C=O) groups is 1. The summed E-state index contributed by atoms with van der Waals surface area (Å²) in [6.45, 7) is 6.52. The van der Waals surface area contributed by atoms with Crippen molar-refractivity contribution >= 4 is 11.5 Å². The summed E-state index contributed by atoms with van der Waals surface area (Å²) in [6.07, 6.45) is 7.87. The van der Waals surface area contributed by atoms with Crippen LogP contribution in [0.1, 0.15) is 49.5 Å². The molecule has 0 saturated carbocycles. The second kappa shape index (κ2) is 8.20. The molecule has 0 spiro atoms. The Bertz CT molecular complexity index is 513. The highest BCUT2D eigenvalue weighted by Gasteiger charge is 2.12. The smallest absolute Gasteiger partial charge is 0.339 e. The maximum absolute atomic E-state index is 11.2. The topological polar surface area (TPSA) is 46.5 Å². The number of hydrogen-bond acceptors (Lipinski definition) is 2. The van der Waals surface area contributed by atoms with Crippen molar-refractivity contribution in [3.05, 3.63) is 47.6 Å². The Morgan fingerprint density at radius 2 is 2.10 bits per heavy atom. The summed E-state index contributed by atoms with van der Waals surface area (Å²) in [5.41, 5.74) is 2.22. The maximum atomic E-state index is 11.2. The van der Waals surface area contributed by atoms with Gasteiger partial charge in [0.1, 0.15) is 11.3 Å². The van der Waals surface area contributed by atoms with Crippen LogP contribution in [-0.4, -0.2) is 17.7 Å². The maximum Gasteiger partial charge on any atom is 0.339 e. The normalized spacial score (nSPS) is 11.8. The van der Waals surface area contributed by atoms with Gasteiger partial charge in [0.25, 0.3) is 0 Å². The van der Waals surface area contributed by atoms with Crippen LogP contribution in [0.15, 0.2) is 36.4 Å². The summed E-state index contributed by atoms with van der Waals surface area (Å²) in [5, 5.41) is 9.20. The lowest BCUT2D eigenvalue weighted by Crippen LogP contribution is -2.05. The Kier molecular flexibility index (Phi) is 6.57. The minimum Gasteiger partial charge on any atom is -0.493 e. The van der Waals surface area contributed by atoms with Gasteiger partial charge in [-0.25, -0.2) is 4.79 Å². The predicted octanol–water partition coefficient (Wildman–Crippen LogP) is 4.54. The van der Waals surface area contributed by atoms with E-state index in [0.29, 0.717) is 12.4 Å². The quantitative estimate of drug-likeness (QED) is 0.586. The zero-order valence-corrected chi connectivity index (χ0v) is 12.3. The van der Waals surface area contributed by atoms with Crippen molar-refractivity contribution in [1.29, 1.82) is 0 Å². The minimum absolute atomic E-state index is 0.209. The first-order valence-electron chi connectivity index (χ1n) is 6.93. The number of unbranched alkanes of at least 4 members (excludes halogenated alkanes) is 1. The minimum atomic E-state index is -0.962. The Morgan fingerprint density at radius 1 is 1.35 bits per heavy atom. The second-order valence-corrected chi connectivity index (χ2v) is 4.46. The second-order valence-electron chi connectivity index (χ2n) is 4.46. The first-order chi connectivity index (χ1) is 9.63. The molecule has 0 heterocycles. The Labute approximate surface area is 120 Å². The fraction of sp³-hybridized carbons (Fsp3) is 0.353. The Morgan fingerprint density at radius 3 is 2.65 bits per heavy atom. The SMILES string of the molecule is C/C=C\C(=C/C)c1ccc(C(=O)O)c(OCCCC)c1. The van der Waals surface area contributed by atoms with E-state index in [2.05, 4.69) is 6.92 Å². The molecule has 1 N–H and O–H groups in total. The molecule has 0 bridgehead atoms. The molecule has 0 aliphatic heterocycles. The Balaban J connectivity index is 3.12. The molecule has 0 amide bonds. The van der Waals surface area contributed by atoms with Crippen molar-refractivity contribution < 1.29 is 14.6 Å². The summed E-state index contributed by atoms with van der Waals surface area (Å²) in [6, 6.07) is 5.21. The third-order valence-electron chi connectivity index (χ3n) is 2.96. The number of benzene rings is 1. The fourth-order valence-electron chi connectivity index (χ4n) is 1.86. The van der Waals surface area contributed by atoms with Crippen LogP contribution in [0.3, 0.4) is 0 Å². The molecule has 1 rings (SSSR count). The monoisotopic (exact) mass is 274 g/mol. The van der Waals surface area contributed by atoms with Crippen molar-refractivity contribution in [3.63, 3.8) is 0 Å². The zero-order valence-electron chi connectivity index (χ0n) is 12.3. The summed E-state index contributed by atoms with van der Waals surface area (Å²) >= 11 is 0. The van der Waals surface area contributed by atoms with E-state index in [0.717, 1.165) is 24.0 Å². The molecule has 1 aromatic carbocycles. The van der Waals surface area contributed by atoms with Gasteiger partial charge >= 0.3 is 5.97 Å². The van der Waals surface area contributed by atoms with Crippen LogP contribution in [0.2, 0.25) is 0 Å². The van der Waals surface area contributed by atoms with Gasteiger partial charge in [-0.05, 0) is 43.5 Å². The van der Waals surface area contributed by atoms with Crippen LogP contribution >= 0.6 is 0 Å². The highest BCUT2D eigenvalue weighted by molar-refractivity contribution is 5.92. The molecule has 108 valence electrons. The van der Waals surface area contributed by atoms with Crippen LogP contribution in [0.5, 0.6) is 5.75 Å². The Hall–Kier alpha value is -2.03. The summed E-state index contributed by atoms with van der Waals surface area (Å²) < 4.78 is 5.62. The van der Waals surface area contributed by atoms with E-state index in [-0.39, 0.29) is 5.56 Å². The standard InChI is InChI=1S/C17H22O3/c1-4-7-11-20-16-12-14(13(6-3)8-5-2)9-10-15(16)17(18)19/h5-6,8-10,12H,4,7,11H2,1-3H3,(H,18,19)/b8-5-,13-6+. The molecular weight excluding hydrogens is 252 g/mol. The predicted molar refractivity (Wildman–Crippen MR) is 82.3 cm³/mol. The van der Waals surface area contributed by atoms with E-state index in [4.69, 9.17) is 4.74 Å². The fourth-order valence-corrected chi connectivity index (χ4v) is 1.86. The lowest BCUT2D eigenvalue weighted by atomic mass is 10.0. The van der Waals surface area contributed by atoms with Gasteiger partial charge in [0.05, 0.1) is 6.61 Å². The van der Waals surface area contributed by atoms with E-state index in [1.54, 1.807) is 12.1 Å². The molecule has 0 radical (unpaired) electrons. The van der Waals surface area contributed by atoms with E-state index in [1.165, 1.54) is 0 Å². The summed E-state index contributed by atoms with van der Waals surface area (Å²) in [4.78, 5) is 11.2. The number of carboxylic acid groups (broad SMARTS) is 1. The van der Waals surface area contributed by atoms with Gasteiger partial charge < -0.3 is 9.84 Å². The lowest BCUT2D eigenvalue weighted by Gasteiger charge is -2.11. The van der Waals surface area contributed by atoms with Crippen LogP contribution in [-0.2, 0) is 0 Å². The van der Waals surface area contributed by atoms with Gasteiger partial charge in [0, 0.05) is 0 Å². The molecule has 0 aliphatic rings. The molecule has 0 unspecified atom stereocenters. The number of aromatic carboxylic acids is 1. The first kappa shape index (κ1) is 16.0. The van der Waals surface area contributed by atoms with Gasteiger partial charge in [0.2, 0.25) is 0 Å². The average Bonchev–Trinajstić information content (AvgIpc) is 2.44. The van der Waals surface area contributed by atoms with Crippen LogP contribution in [0, 0.1) is 0 Å². The van der Waals surface area contributed by atoms with Crippen molar-refractivity contribution in [2.45, 2.75) is 33.6 Å². The molecule has 0 fully saturated rings. The van der Waals surface area contributed by atoms with Crippen molar-refractivity contribution in [1.82, 2.24) is 0 Å². The number of allylic oxidation sites excluding steroid dienone is 4. The van der Waals surface area contributed by atoms with Gasteiger partial charge in [-0.3, -0.25) is 0 Å². The number of ether oxygens (including phenoxy) is 1. The van der Waals surface area contributed by atoms with Gasteiger partial charge in [-0.15, -0.1) is 0 Å². The third kappa shape index (κ3) is 4.26. The largest absolute Gasteiger partial charge is 0.493 e. The molecule has 0 saturated heterocycles. The molecule has 1 aromatic rings. The zero-order chi connectivity index (χ0) is 15.0. The summed E-state index contributed by atoms with van der Waals surface area (Å²) in [5.74, 6) is -0.525. The van der Waals surface area contributed by atoms with Gasteiger partial charge in [-0.1, -0.05) is 37.6 Å². The highest BCUT2D eigenvalue weighted by Crippen LogP contribution is 2.26. The van der Waals surface area contributed by atoms with E-state index >= 15 is 0 Å². The molecule has 3 heteroatoms. The van der Waals surface area contributed by atoms with Gasteiger partial charge in [-0.2, -0.15) is 0 Å². The van der Waals surface area contributed by atoms with Crippen molar-refractivity contribution in [2.75, 3.05) is 6.61 Å². The summed E-state index contributed by atoms with van der Waals surface area (Å²) in [7, 11) is 0. The molecule has 20 heavy (non-hydrogen) atoms. The lowest BCUT2D eigenvalue weighted by molar-refractivity contribution is 0.0692. The van der Waals surface area contributed by atoms with E-state index < -0.39 is 5.97 Å². The van der Waals surface area contributed by atoms with E-state index in [1.807, 2.05) is 38.1 Å². The van der Waals surface area contributed by atoms with E-state index in [9.17, 15) is 9.90 Å².